The Kier molecular flexibility index (Phi) is 10.4. The molecule has 0 atom stereocenters. The highest BCUT2D eigenvalue weighted by molar-refractivity contribution is 6.37. The molecule has 4 rings (SSSR count). The lowest BCUT2D eigenvalue weighted by atomic mass is 10.1. The number of benzene rings is 2. The second-order valence-corrected chi connectivity index (χ2v) is 7.23. The van der Waals surface area contributed by atoms with Crippen molar-refractivity contribution in [2.24, 2.45) is 0 Å². The van der Waals surface area contributed by atoms with E-state index in [1.54, 1.807) is 24.7 Å². The van der Waals surface area contributed by atoms with Crippen LogP contribution in [0.25, 0.3) is 21.8 Å². The molecule has 172 valence electrons. The maximum atomic E-state index is 13.0. The van der Waals surface area contributed by atoms with E-state index >= 15 is 0 Å². The average Bonchev–Trinajstić information content (AvgIpc) is 3.21. The van der Waals surface area contributed by atoms with E-state index in [2.05, 4.69) is 17.4 Å². The molecule has 0 aliphatic heterocycles. The Morgan fingerprint density at radius 2 is 1.81 bits per heavy atom. The summed E-state index contributed by atoms with van der Waals surface area (Å²) in [6, 6.07) is 15.4. The number of nitrogens with zero attached hydrogens (tertiary/aromatic N) is 2. The lowest BCUT2D eigenvalue weighted by Crippen LogP contribution is -2.21. The second-order valence-electron chi connectivity index (χ2n) is 6.82. The van der Waals surface area contributed by atoms with Crippen molar-refractivity contribution in [1.29, 1.82) is 0 Å². The smallest absolute Gasteiger partial charge is 0.264 e. The fraction of sp³-hybridized carbons (Fsp3) is 0.360. The molecular weight excluding hydrogens is 426 g/mol. The minimum absolute atomic E-state index is 0.114. The van der Waals surface area contributed by atoms with Crippen molar-refractivity contribution >= 4 is 33.4 Å². The number of ether oxygens (including phenoxy) is 1. The molecule has 0 unspecified atom stereocenters. The van der Waals surface area contributed by atoms with Crippen LogP contribution in [0.15, 0.2) is 57.8 Å². The van der Waals surface area contributed by atoms with Crippen LogP contribution >= 0.6 is 11.6 Å². The first-order chi connectivity index (χ1) is 15.6. The molecule has 0 aliphatic rings. The molecule has 0 bridgehead atoms. The van der Waals surface area contributed by atoms with Crippen LogP contribution in [0, 0.1) is 6.92 Å². The van der Waals surface area contributed by atoms with Crippen molar-refractivity contribution in [2.45, 2.75) is 34.2 Å². The number of aromatic nitrogens is 2. The Labute approximate surface area is 194 Å². The molecule has 2 aromatic carbocycles. The van der Waals surface area contributed by atoms with Gasteiger partial charge >= 0.3 is 0 Å². The number of fused-ring (bicyclic) bond motifs is 3. The van der Waals surface area contributed by atoms with Crippen LogP contribution < -0.4 is 10.9 Å². The molecule has 32 heavy (non-hydrogen) atoms. The minimum Gasteiger partial charge on any atom is -0.383 e. The van der Waals surface area contributed by atoms with E-state index in [4.69, 9.17) is 20.9 Å². The van der Waals surface area contributed by atoms with Crippen molar-refractivity contribution in [3.8, 4) is 0 Å². The van der Waals surface area contributed by atoms with Gasteiger partial charge in [0.05, 0.1) is 23.7 Å². The van der Waals surface area contributed by atoms with Gasteiger partial charge in [-0.05, 0) is 31.2 Å². The summed E-state index contributed by atoms with van der Waals surface area (Å²) in [7, 11) is 1.71. The molecule has 2 heterocycles. The Balaban J connectivity index is 0.000000348. The normalized spacial score (nSPS) is 10.4. The summed E-state index contributed by atoms with van der Waals surface area (Å²) in [6.07, 6.45) is 0. The topological polar surface area (TPSA) is 69.3 Å². The van der Waals surface area contributed by atoms with Crippen LogP contribution in [0.2, 0.25) is 5.02 Å². The predicted octanol–water partition coefficient (Wildman–Crippen LogP) is 5.42. The van der Waals surface area contributed by atoms with Crippen molar-refractivity contribution < 1.29 is 9.26 Å². The number of likely N-dealkylation sites (N-methyl/N-ethyl adjacent to an activating group) is 1. The second kappa shape index (κ2) is 13.0. The Bertz CT molecular complexity index is 1170. The number of halogens is 1. The van der Waals surface area contributed by atoms with Crippen LogP contribution in [0.4, 0.5) is 0 Å². The summed E-state index contributed by atoms with van der Waals surface area (Å²) < 4.78 is 11.7. The van der Waals surface area contributed by atoms with E-state index in [1.807, 2.05) is 56.3 Å². The minimum atomic E-state index is -0.114. The van der Waals surface area contributed by atoms with E-state index in [-0.39, 0.29) is 5.56 Å². The summed E-state index contributed by atoms with van der Waals surface area (Å²) in [4.78, 5) is 13.0. The predicted molar refractivity (Wildman–Crippen MR) is 133 cm³/mol. The van der Waals surface area contributed by atoms with Gasteiger partial charge in [-0.2, -0.15) is 0 Å². The summed E-state index contributed by atoms with van der Waals surface area (Å²) >= 11 is 6.38. The molecule has 0 saturated heterocycles. The third-order valence-electron chi connectivity index (χ3n) is 4.76. The van der Waals surface area contributed by atoms with Gasteiger partial charge in [0.1, 0.15) is 16.7 Å². The number of hydrogen-bond acceptors (Lipinski definition) is 5. The molecule has 0 aliphatic carbocycles. The molecule has 0 amide bonds. The first kappa shape index (κ1) is 25.6. The Morgan fingerprint density at radius 1 is 1.09 bits per heavy atom. The van der Waals surface area contributed by atoms with Gasteiger partial charge in [-0.3, -0.25) is 4.79 Å². The summed E-state index contributed by atoms with van der Waals surface area (Å²) in [5, 5.41) is 8.96. The van der Waals surface area contributed by atoms with Gasteiger partial charge in [0.2, 0.25) is 0 Å². The summed E-state index contributed by atoms with van der Waals surface area (Å²) in [6.45, 7) is 11.1. The monoisotopic (exact) mass is 457 g/mol. The summed E-state index contributed by atoms with van der Waals surface area (Å²) in [5.41, 5.74) is 2.21. The molecule has 7 heteroatoms. The van der Waals surface area contributed by atoms with Crippen molar-refractivity contribution in [3.05, 3.63) is 75.2 Å². The molecule has 2 aromatic heterocycles. The fourth-order valence-electron chi connectivity index (χ4n) is 3.29. The standard InChI is InChI=1S/C18H13ClN2O2.C5H13NO.C2H6/c1-11-15-17(20-23-11)16-13(19)8-5-9-14(16)21(18(15)22)10-12-6-3-2-4-7-12;1-3-6-4-5-7-2;1-2/h2-9H,10H2,1H3;6H,3-5H2,1-2H3;1-2H3. The highest BCUT2D eigenvalue weighted by Crippen LogP contribution is 2.30. The molecule has 0 fully saturated rings. The van der Waals surface area contributed by atoms with Gasteiger partial charge in [0.25, 0.3) is 5.56 Å². The van der Waals surface area contributed by atoms with E-state index in [1.165, 1.54) is 0 Å². The van der Waals surface area contributed by atoms with Crippen molar-refractivity contribution in [3.63, 3.8) is 0 Å². The van der Waals surface area contributed by atoms with Gasteiger partial charge in [-0.25, -0.2) is 0 Å². The molecule has 6 nitrogen and oxygen atoms in total. The number of rotatable bonds is 6. The van der Waals surface area contributed by atoms with E-state index < -0.39 is 0 Å². The SMILES string of the molecule is CC.CCNCCOC.Cc1onc2c1c(=O)n(Cc1ccccc1)c1cccc(Cl)c21. The van der Waals surface area contributed by atoms with Crippen molar-refractivity contribution in [2.75, 3.05) is 26.8 Å². The van der Waals surface area contributed by atoms with Crippen LogP contribution in [0.3, 0.4) is 0 Å². The van der Waals surface area contributed by atoms with Crippen molar-refractivity contribution in [1.82, 2.24) is 15.0 Å². The van der Waals surface area contributed by atoms with E-state index in [0.717, 1.165) is 36.2 Å². The molecule has 0 radical (unpaired) electrons. The van der Waals surface area contributed by atoms with Gasteiger partial charge in [-0.15, -0.1) is 0 Å². The van der Waals surface area contributed by atoms with E-state index in [0.29, 0.717) is 28.2 Å². The first-order valence-electron chi connectivity index (χ1n) is 10.9. The van der Waals surface area contributed by atoms with Gasteiger partial charge in [0, 0.05) is 19.0 Å². The lowest BCUT2D eigenvalue weighted by molar-refractivity contribution is 0.200. The molecule has 1 N–H and O–H groups in total. The Hall–Kier alpha value is -2.67. The third-order valence-corrected chi connectivity index (χ3v) is 5.07. The average molecular weight is 458 g/mol. The number of nitrogens with one attached hydrogen (secondary N) is 1. The fourth-order valence-corrected chi connectivity index (χ4v) is 3.54. The van der Waals surface area contributed by atoms with Crippen LogP contribution in [-0.2, 0) is 11.3 Å². The third kappa shape index (κ3) is 5.97. The van der Waals surface area contributed by atoms with Crippen LogP contribution in [0.5, 0.6) is 0 Å². The van der Waals surface area contributed by atoms with Gasteiger partial charge in [0.15, 0.2) is 0 Å². The van der Waals surface area contributed by atoms with Crippen LogP contribution in [-0.4, -0.2) is 36.5 Å². The maximum Gasteiger partial charge on any atom is 0.264 e. The molecular formula is C25H32ClN3O3. The molecule has 0 spiro atoms. The highest BCUT2D eigenvalue weighted by Gasteiger charge is 2.18. The highest BCUT2D eigenvalue weighted by atomic mass is 35.5. The molecule has 4 aromatic rings. The zero-order valence-electron chi connectivity index (χ0n) is 19.4. The molecule has 0 saturated carbocycles. The number of methoxy groups -OCH3 is 1. The zero-order chi connectivity index (χ0) is 23.5. The van der Waals surface area contributed by atoms with Crippen LogP contribution in [0.1, 0.15) is 32.1 Å². The quantitative estimate of drug-likeness (QED) is 0.391. The first-order valence-corrected chi connectivity index (χ1v) is 11.3. The lowest BCUT2D eigenvalue weighted by Gasteiger charge is -2.12. The van der Waals surface area contributed by atoms with Gasteiger partial charge < -0.3 is 19.1 Å². The maximum absolute atomic E-state index is 13.0. The Morgan fingerprint density at radius 3 is 2.47 bits per heavy atom. The van der Waals surface area contributed by atoms with E-state index in [9.17, 15) is 4.79 Å². The number of aryl methyl sites for hydroxylation is 1. The number of hydrogen-bond donors (Lipinski definition) is 1. The van der Waals surface area contributed by atoms with Gasteiger partial charge in [-0.1, -0.05) is 73.9 Å². The summed E-state index contributed by atoms with van der Waals surface area (Å²) in [5.74, 6) is 0.508. The largest absolute Gasteiger partial charge is 0.383 e. The zero-order valence-corrected chi connectivity index (χ0v) is 20.2. The number of pyridine rings is 1.